The standard InChI is InChI=1S/C33H41N2O4P/c1-5-8-30-27(4)33(13-11-29-16-21-35(22-17-29)23-25-40(37,38)39)31(9-6-2)26(3)32(30)12-10-28-14-19-34(20-15-28)18-7-24-36/h10-17,19-22,24H,5-9,18,23,25H2,1-4H3/p+2/b12-10+,13-11+. The molecule has 2 N–H and O–H groups in total. The van der Waals surface area contributed by atoms with Crippen LogP contribution in [0.25, 0.3) is 24.3 Å². The number of aromatic nitrogens is 2. The molecule has 0 aliphatic rings. The number of hydrogen-bond acceptors (Lipinski definition) is 2. The molecule has 0 saturated heterocycles. The van der Waals surface area contributed by atoms with Crippen molar-refractivity contribution in [2.45, 2.75) is 72.9 Å². The quantitative estimate of drug-likeness (QED) is 0.146. The summed E-state index contributed by atoms with van der Waals surface area (Å²) < 4.78 is 15.0. The Balaban J connectivity index is 1.95. The van der Waals surface area contributed by atoms with E-state index in [0.29, 0.717) is 13.0 Å². The Morgan fingerprint density at radius 3 is 1.52 bits per heavy atom. The van der Waals surface area contributed by atoms with Crippen LogP contribution >= 0.6 is 7.60 Å². The van der Waals surface area contributed by atoms with E-state index in [0.717, 1.165) is 43.1 Å². The van der Waals surface area contributed by atoms with Gasteiger partial charge in [-0.05, 0) is 71.2 Å². The van der Waals surface area contributed by atoms with Crippen LogP contribution in [0.5, 0.6) is 0 Å². The van der Waals surface area contributed by atoms with Gasteiger partial charge in [-0.3, -0.25) is 4.57 Å². The Morgan fingerprint density at radius 2 is 1.15 bits per heavy atom. The predicted octanol–water partition coefficient (Wildman–Crippen LogP) is 5.89. The summed E-state index contributed by atoms with van der Waals surface area (Å²) in [6.07, 6.45) is 22.0. The summed E-state index contributed by atoms with van der Waals surface area (Å²) in [6, 6.07) is 8.13. The molecule has 2 heterocycles. The minimum atomic E-state index is -4.01. The summed E-state index contributed by atoms with van der Waals surface area (Å²) in [5.41, 5.74) is 10.2. The Hall–Kier alpha value is -3.18. The molecular weight excluding hydrogens is 519 g/mol. The van der Waals surface area contributed by atoms with Gasteiger partial charge in [0.15, 0.2) is 37.9 Å². The average Bonchev–Trinajstić information content (AvgIpc) is 2.94. The molecule has 0 saturated carbocycles. The lowest BCUT2D eigenvalue weighted by Gasteiger charge is -2.21. The number of nitrogens with zero attached hydrogens (tertiary/aromatic N) is 2. The second kappa shape index (κ2) is 15.0. The lowest BCUT2D eigenvalue weighted by atomic mass is 9.83. The van der Waals surface area contributed by atoms with Crippen LogP contribution in [0.4, 0.5) is 0 Å². The highest BCUT2D eigenvalue weighted by Gasteiger charge is 2.17. The predicted molar refractivity (Wildman–Crippen MR) is 163 cm³/mol. The minimum Gasteiger partial charge on any atom is -0.324 e. The second-order valence-corrected chi connectivity index (χ2v) is 12.1. The van der Waals surface area contributed by atoms with Crippen molar-refractivity contribution in [1.82, 2.24) is 0 Å². The lowest BCUT2D eigenvalue weighted by molar-refractivity contribution is -0.695. The van der Waals surface area contributed by atoms with E-state index < -0.39 is 7.60 Å². The molecule has 40 heavy (non-hydrogen) atoms. The Labute approximate surface area is 238 Å². The molecular formula is C33H43N2O4P+2. The van der Waals surface area contributed by atoms with Crippen LogP contribution in [0.15, 0.2) is 49.1 Å². The molecule has 212 valence electrons. The molecule has 3 rings (SSSR count). The number of benzene rings is 1. The number of carbonyl (C=O) groups excluding carboxylic acids is 1. The van der Waals surface area contributed by atoms with E-state index in [-0.39, 0.29) is 12.7 Å². The van der Waals surface area contributed by atoms with Crippen LogP contribution in [0.3, 0.4) is 0 Å². The Kier molecular flexibility index (Phi) is 11.8. The first kappa shape index (κ1) is 31.3. The topological polar surface area (TPSA) is 82.4 Å². The fourth-order valence-electron chi connectivity index (χ4n) is 5.04. The molecule has 0 aliphatic carbocycles. The zero-order valence-electron chi connectivity index (χ0n) is 24.2. The Morgan fingerprint density at radius 1 is 0.725 bits per heavy atom. The van der Waals surface area contributed by atoms with Crippen LogP contribution in [-0.2, 0) is 35.3 Å². The highest BCUT2D eigenvalue weighted by molar-refractivity contribution is 7.51. The summed E-state index contributed by atoms with van der Waals surface area (Å²) in [5.74, 6) is 0. The van der Waals surface area contributed by atoms with E-state index in [2.05, 4.69) is 64.1 Å². The first-order valence-corrected chi connectivity index (χ1v) is 15.9. The summed E-state index contributed by atoms with van der Waals surface area (Å²) >= 11 is 0. The molecule has 0 amide bonds. The van der Waals surface area contributed by atoms with Crippen molar-refractivity contribution in [1.29, 1.82) is 0 Å². The van der Waals surface area contributed by atoms with Crippen molar-refractivity contribution in [3.63, 3.8) is 0 Å². The molecule has 0 spiro atoms. The molecule has 0 radical (unpaired) electrons. The molecule has 1 aromatic carbocycles. The van der Waals surface area contributed by atoms with Gasteiger partial charge in [-0.2, -0.15) is 0 Å². The van der Waals surface area contributed by atoms with Gasteiger partial charge in [0.05, 0.1) is 6.42 Å². The number of aldehydes is 1. The molecule has 6 nitrogen and oxygen atoms in total. The number of carbonyl (C=O) groups is 1. The van der Waals surface area contributed by atoms with Gasteiger partial charge >= 0.3 is 7.60 Å². The van der Waals surface area contributed by atoms with Crippen LogP contribution in [0, 0.1) is 13.8 Å². The van der Waals surface area contributed by atoms with E-state index in [1.54, 1.807) is 4.57 Å². The van der Waals surface area contributed by atoms with Crippen molar-refractivity contribution >= 4 is 38.2 Å². The van der Waals surface area contributed by atoms with Gasteiger partial charge in [0.2, 0.25) is 0 Å². The smallest absolute Gasteiger partial charge is 0.324 e. The third kappa shape index (κ3) is 8.92. The van der Waals surface area contributed by atoms with Crippen molar-refractivity contribution in [3.05, 3.63) is 93.6 Å². The Bertz CT molecular complexity index is 1390. The van der Waals surface area contributed by atoms with Crippen molar-refractivity contribution in [2.24, 2.45) is 0 Å². The lowest BCUT2D eigenvalue weighted by Crippen LogP contribution is -2.34. The zero-order chi connectivity index (χ0) is 29.1. The molecule has 0 fully saturated rings. The third-order valence-corrected chi connectivity index (χ3v) is 8.02. The van der Waals surface area contributed by atoms with Crippen molar-refractivity contribution in [2.75, 3.05) is 6.16 Å². The number of pyridine rings is 2. The number of aryl methyl sites for hydroxylation is 2. The van der Waals surface area contributed by atoms with Gasteiger partial charge in [0.25, 0.3) is 0 Å². The first-order valence-electron chi connectivity index (χ1n) is 14.1. The number of hydrogen-bond donors (Lipinski definition) is 2. The van der Waals surface area contributed by atoms with E-state index in [4.69, 9.17) is 9.79 Å². The first-order chi connectivity index (χ1) is 19.2. The fourth-order valence-corrected chi connectivity index (χ4v) is 5.53. The van der Waals surface area contributed by atoms with Gasteiger partial charge < -0.3 is 14.6 Å². The van der Waals surface area contributed by atoms with E-state index >= 15 is 0 Å². The highest BCUT2D eigenvalue weighted by Crippen LogP contribution is 2.34. The third-order valence-electron chi connectivity index (χ3n) is 7.24. The van der Waals surface area contributed by atoms with Crippen LogP contribution in [0.1, 0.15) is 77.6 Å². The molecule has 7 heteroatoms. The SMILES string of the molecule is CCCc1c(C)c(/C=C/c2cc[n+](CCP(=O)(O)O)cc2)c(CCC)c(C)c1/C=C/c1cc[n+](CCC=O)cc1. The normalized spacial score (nSPS) is 12.1. The van der Waals surface area contributed by atoms with Crippen LogP contribution in [-0.4, -0.2) is 22.2 Å². The van der Waals surface area contributed by atoms with Crippen LogP contribution in [0.2, 0.25) is 0 Å². The molecule has 3 aromatic rings. The average molecular weight is 563 g/mol. The summed E-state index contributed by atoms with van der Waals surface area (Å²) in [5, 5.41) is 0. The maximum Gasteiger partial charge on any atom is 0.331 e. The summed E-state index contributed by atoms with van der Waals surface area (Å²) in [6.45, 7) is 9.90. The van der Waals surface area contributed by atoms with Gasteiger partial charge in [-0.15, -0.1) is 0 Å². The van der Waals surface area contributed by atoms with Gasteiger partial charge in [0, 0.05) is 24.3 Å². The zero-order valence-corrected chi connectivity index (χ0v) is 25.1. The fraction of sp³-hybridized carbons (Fsp3) is 0.364. The molecule has 0 bridgehead atoms. The second-order valence-electron chi connectivity index (χ2n) is 10.3. The van der Waals surface area contributed by atoms with Gasteiger partial charge in [-0.1, -0.05) is 51.0 Å². The molecule has 0 atom stereocenters. The highest BCUT2D eigenvalue weighted by atomic mass is 31.2. The summed E-state index contributed by atoms with van der Waals surface area (Å²) in [7, 11) is -4.01. The maximum absolute atomic E-state index is 11.2. The molecule has 2 aromatic heterocycles. The molecule has 0 unspecified atom stereocenters. The summed E-state index contributed by atoms with van der Waals surface area (Å²) in [4.78, 5) is 29.0. The van der Waals surface area contributed by atoms with E-state index in [9.17, 15) is 9.36 Å². The molecule has 0 aliphatic heterocycles. The minimum absolute atomic E-state index is 0.168. The van der Waals surface area contributed by atoms with Gasteiger partial charge in [0.1, 0.15) is 12.4 Å². The van der Waals surface area contributed by atoms with Crippen LogP contribution < -0.4 is 9.13 Å². The maximum atomic E-state index is 11.2. The van der Waals surface area contributed by atoms with E-state index in [1.807, 2.05) is 41.5 Å². The van der Waals surface area contributed by atoms with Crippen molar-refractivity contribution < 1.29 is 28.3 Å². The van der Waals surface area contributed by atoms with Gasteiger partial charge in [-0.25, -0.2) is 9.13 Å². The van der Waals surface area contributed by atoms with E-state index in [1.165, 1.54) is 33.4 Å². The monoisotopic (exact) mass is 562 g/mol. The number of rotatable bonds is 14. The van der Waals surface area contributed by atoms with Crippen molar-refractivity contribution in [3.8, 4) is 0 Å². The largest absolute Gasteiger partial charge is 0.331 e.